The van der Waals surface area contributed by atoms with Gasteiger partial charge in [0.1, 0.15) is 0 Å². The van der Waals surface area contributed by atoms with Gasteiger partial charge in [-0.15, -0.1) is 0 Å². The third kappa shape index (κ3) is 2.40. The Labute approximate surface area is 112 Å². The largest absolute Gasteiger partial charge is 0.315 e. The van der Waals surface area contributed by atoms with Gasteiger partial charge in [-0.1, -0.05) is 12.5 Å². The number of nitrogens with one attached hydrogen (secondary N) is 1. The van der Waals surface area contributed by atoms with Gasteiger partial charge in [-0.2, -0.15) is 0 Å². The van der Waals surface area contributed by atoms with Gasteiger partial charge in [0.05, 0.1) is 23.3 Å². The van der Waals surface area contributed by atoms with Crippen LogP contribution in [0.15, 0.2) is 29.3 Å². The Hall–Kier alpha value is -1.68. The van der Waals surface area contributed by atoms with Crippen molar-refractivity contribution < 1.29 is 0 Å². The Morgan fingerprint density at radius 3 is 3.16 bits per heavy atom. The summed E-state index contributed by atoms with van der Waals surface area (Å²) in [4.78, 5) is 17.0. The van der Waals surface area contributed by atoms with Crippen LogP contribution < -0.4 is 10.9 Å². The Kier molecular flexibility index (Phi) is 3.34. The number of hydrogen-bond acceptors (Lipinski definition) is 3. The fraction of sp³-hybridized carbons (Fsp3) is 0.467. The van der Waals surface area contributed by atoms with Crippen molar-refractivity contribution in [3.05, 3.63) is 40.4 Å². The molecule has 0 bridgehead atoms. The molecule has 19 heavy (non-hydrogen) atoms. The lowest BCUT2D eigenvalue weighted by atomic mass is 10.1. The molecule has 2 heterocycles. The predicted octanol–water partition coefficient (Wildman–Crippen LogP) is 2.02. The molecule has 1 N–H and O–H groups in total. The van der Waals surface area contributed by atoms with E-state index in [1.807, 2.05) is 25.1 Å². The fourth-order valence-electron chi connectivity index (χ4n) is 2.74. The molecule has 100 valence electrons. The number of benzene rings is 1. The van der Waals surface area contributed by atoms with Crippen LogP contribution in [0.5, 0.6) is 0 Å². The maximum absolute atomic E-state index is 12.5. The van der Waals surface area contributed by atoms with Crippen LogP contribution in [0, 0.1) is 6.92 Å². The van der Waals surface area contributed by atoms with Crippen LogP contribution in [-0.4, -0.2) is 22.6 Å². The minimum Gasteiger partial charge on any atom is -0.315 e. The Morgan fingerprint density at radius 2 is 2.26 bits per heavy atom. The smallest absolute Gasteiger partial charge is 0.261 e. The van der Waals surface area contributed by atoms with Gasteiger partial charge in [-0.25, -0.2) is 4.98 Å². The van der Waals surface area contributed by atoms with Crippen molar-refractivity contribution in [1.29, 1.82) is 0 Å². The van der Waals surface area contributed by atoms with E-state index in [0.29, 0.717) is 0 Å². The van der Waals surface area contributed by atoms with Crippen molar-refractivity contribution in [2.24, 2.45) is 0 Å². The van der Waals surface area contributed by atoms with E-state index in [9.17, 15) is 4.79 Å². The molecule has 1 aromatic carbocycles. The second-order valence-electron chi connectivity index (χ2n) is 5.33. The number of nitrogens with zero attached hydrogens (tertiary/aromatic N) is 2. The molecule has 1 aliphatic rings. The fourth-order valence-corrected chi connectivity index (χ4v) is 2.74. The lowest BCUT2D eigenvalue weighted by Crippen LogP contribution is -2.31. The zero-order valence-corrected chi connectivity index (χ0v) is 11.2. The zero-order valence-electron chi connectivity index (χ0n) is 11.2. The van der Waals surface area contributed by atoms with Gasteiger partial charge in [-0.3, -0.25) is 9.36 Å². The van der Waals surface area contributed by atoms with Crippen LogP contribution in [0.3, 0.4) is 0 Å². The first-order chi connectivity index (χ1) is 9.25. The first-order valence-electron chi connectivity index (χ1n) is 6.94. The maximum Gasteiger partial charge on any atom is 0.261 e. The highest BCUT2D eigenvalue weighted by Gasteiger charge is 2.16. The van der Waals surface area contributed by atoms with Gasteiger partial charge in [0, 0.05) is 6.54 Å². The summed E-state index contributed by atoms with van der Waals surface area (Å²) in [5.41, 5.74) is 2.01. The van der Waals surface area contributed by atoms with Gasteiger partial charge in [0.25, 0.3) is 5.56 Å². The van der Waals surface area contributed by atoms with Crippen LogP contribution in [0.4, 0.5) is 0 Å². The number of rotatable bonds is 1. The van der Waals surface area contributed by atoms with Gasteiger partial charge >= 0.3 is 0 Å². The maximum atomic E-state index is 12.5. The van der Waals surface area contributed by atoms with E-state index >= 15 is 0 Å². The lowest BCUT2D eigenvalue weighted by molar-refractivity contribution is 0.447. The highest BCUT2D eigenvalue weighted by molar-refractivity contribution is 5.77. The molecular weight excluding hydrogens is 238 g/mol. The van der Waals surface area contributed by atoms with Crippen LogP contribution >= 0.6 is 0 Å². The van der Waals surface area contributed by atoms with Gasteiger partial charge < -0.3 is 5.32 Å². The molecule has 0 saturated carbocycles. The molecule has 4 nitrogen and oxygen atoms in total. The van der Waals surface area contributed by atoms with Crippen LogP contribution in [-0.2, 0) is 0 Å². The van der Waals surface area contributed by atoms with E-state index < -0.39 is 0 Å². The second-order valence-corrected chi connectivity index (χ2v) is 5.33. The van der Waals surface area contributed by atoms with Crippen molar-refractivity contribution in [3.8, 4) is 0 Å². The number of fused-ring (bicyclic) bond motifs is 1. The van der Waals surface area contributed by atoms with Crippen molar-refractivity contribution in [1.82, 2.24) is 14.9 Å². The average Bonchev–Trinajstić information content (AvgIpc) is 2.68. The molecule has 0 aliphatic carbocycles. The summed E-state index contributed by atoms with van der Waals surface area (Å²) in [6.45, 7) is 3.92. The molecule has 1 saturated heterocycles. The summed E-state index contributed by atoms with van der Waals surface area (Å²) < 4.78 is 1.80. The summed E-state index contributed by atoms with van der Waals surface area (Å²) in [5, 5.41) is 4.11. The summed E-state index contributed by atoms with van der Waals surface area (Å²) in [6, 6.07) is 6.06. The lowest BCUT2D eigenvalue weighted by Gasteiger charge is -2.17. The van der Waals surface area contributed by atoms with Crippen molar-refractivity contribution in [3.63, 3.8) is 0 Å². The zero-order chi connectivity index (χ0) is 13.2. The monoisotopic (exact) mass is 257 g/mol. The van der Waals surface area contributed by atoms with E-state index in [1.165, 1.54) is 6.42 Å². The van der Waals surface area contributed by atoms with Crippen molar-refractivity contribution in [2.75, 3.05) is 13.1 Å². The molecule has 1 aliphatic heterocycles. The molecule has 2 aromatic rings. The molecule has 0 amide bonds. The standard InChI is InChI=1S/C15H19N3O/c1-11-5-6-13-14(8-11)17-10-18(15(13)19)12-4-2-3-7-16-9-12/h5-6,8,10,12,16H,2-4,7,9H2,1H3. The molecule has 1 atom stereocenters. The predicted molar refractivity (Wildman–Crippen MR) is 76.5 cm³/mol. The number of aryl methyl sites for hydroxylation is 1. The van der Waals surface area contributed by atoms with E-state index in [2.05, 4.69) is 10.3 Å². The summed E-state index contributed by atoms with van der Waals surface area (Å²) in [6.07, 6.45) is 5.11. The summed E-state index contributed by atoms with van der Waals surface area (Å²) >= 11 is 0. The molecule has 4 heteroatoms. The number of hydrogen-bond donors (Lipinski definition) is 1. The third-order valence-corrected chi connectivity index (χ3v) is 3.85. The van der Waals surface area contributed by atoms with Crippen LogP contribution in [0.1, 0.15) is 30.9 Å². The van der Waals surface area contributed by atoms with Crippen molar-refractivity contribution >= 4 is 10.9 Å². The van der Waals surface area contributed by atoms with Gasteiger partial charge in [-0.05, 0) is 44.0 Å². The summed E-state index contributed by atoms with van der Waals surface area (Å²) in [5.74, 6) is 0. The molecule has 1 fully saturated rings. The van der Waals surface area contributed by atoms with Crippen LogP contribution in [0.25, 0.3) is 10.9 Å². The van der Waals surface area contributed by atoms with Gasteiger partial charge in [0.15, 0.2) is 0 Å². The molecular formula is C15H19N3O. The van der Waals surface area contributed by atoms with E-state index in [0.717, 1.165) is 42.4 Å². The molecule has 3 rings (SSSR count). The summed E-state index contributed by atoms with van der Waals surface area (Å²) in [7, 11) is 0. The molecule has 1 unspecified atom stereocenters. The molecule has 0 spiro atoms. The molecule has 0 radical (unpaired) electrons. The third-order valence-electron chi connectivity index (χ3n) is 3.85. The van der Waals surface area contributed by atoms with Crippen molar-refractivity contribution in [2.45, 2.75) is 32.2 Å². The first kappa shape index (κ1) is 12.4. The quantitative estimate of drug-likeness (QED) is 0.850. The highest BCUT2D eigenvalue weighted by Crippen LogP contribution is 2.16. The topological polar surface area (TPSA) is 46.9 Å². The number of aromatic nitrogens is 2. The van der Waals surface area contributed by atoms with E-state index in [4.69, 9.17) is 0 Å². The first-order valence-corrected chi connectivity index (χ1v) is 6.94. The van der Waals surface area contributed by atoms with E-state index in [1.54, 1.807) is 10.9 Å². The minimum atomic E-state index is 0.0821. The second kappa shape index (κ2) is 5.13. The molecule has 1 aromatic heterocycles. The minimum absolute atomic E-state index is 0.0821. The normalized spacial score (nSPS) is 20.4. The van der Waals surface area contributed by atoms with Gasteiger partial charge in [0.2, 0.25) is 0 Å². The highest BCUT2D eigenvalue weighted by atomic mass is 16.1. The Balaban J connectivity index is 2.07. The Morgan fingerprint density at radius 1 is 1.37 bits per heavy atom. The van der Waals surface area contributed by atoms with Crippen LogP contribution in [0.2, 0.25) is 0 Å². The average molecular weight is 257 g/mol. The van der Waals surface area contributed by atoms with E-state index in [-0.39, 0.29) is 11.6 Å². The SMILES string of the molecule is Cc1ccc2c(=O)n(C3CCCCNC3)cnc2c1. The Bertz CT molecular complexity index is 639.